The molecule has 2 N–H and O–H groups in total. The van der Waals surface area contributed by atoms with Crippen LogP contribution < -0.4 is 10.6 Å². The number of carbonyl (C=O) groups excluding carboxylic acids is 2. The zero-order valence-electron chi connectivity index (χ0n) is 15.2. The summed E-state index contributed by atoms with van der Waals surface area (Å²) in [5.41, 5.74) is 1.20. The van der Waals surface area contributed by atoms with Crippen LogP contribution in [0.5, 0.6) is 0 Å². The van der Waals surface area contributed by atoms with E-state index in [4.69, 9.17) is 4.42 Å². The molecule has 0 saturated carbocycles. The number of aromatic nitrogens is 2. The monoisotopic (exact) mass is 376 g/mol. The van der Waals surface area contributed by atoms with Gasteiger partial charge in [0.15, 0.2) is 0 Å². The molecule has 0 aliphatic carbocycles. The average Bonchev–Trinajstić information content (AvgIpc) is 3.06. The molecule has 8 heteroatoms. The van der Waals surface area contributed by atoms with Gasteiger partial charge in [-0.25, -0.2) is 4.79 Å². The molecule has 0 spiro atoms. The van der Waals surface area contributed by atoms with E-state index in [2.05, 4.69) is 39.9 Å². The summed E-state index contributed by atoms with van der Waals surface area (Å²) in [6.45, 7) is 6.56. The Kier molecular flexibility index (Phi) is 7.65. The highest BCUT2D eigenvalue weighted by atomic mass is 32.2. The highest BCUT2D eigenvalue weighted by Gasteiger charge is 2.14. The van der Waals surface area contributed by atoms with E-state index in [0.717, 1.165) is 11.8 Å². The molecule has 1 unspecified atom stereocenters. The largest absolute Gasteiger partial charge is 0.416 e. The molecule has 2 aromatic rings. The van der Waals surface area contributed by atoms with Crippen LogP contribution in [-0.2, 0) is 11.2 Å². The molecule has 140 valence electrons. The molecule has 0 saturated heterocycles. The molecule has 1 atom stereocenters. The molecule has 0 aliphatic rings. The van der Waals surface area contributed by atoms with Crippen LogP contribution in [0.4, 0.5) is 4.79 Å². The lowest BCUT2D eigenvalue weighted by Crippen LogP contribution is -2.41. The normalized spacial score (nSPS) is 12.0. The number of hydrogen-bond donors (Lipinski definition) is 2. The van der Waals surface area contributed by atoms with E-state index >= 15 is 0 Å². The predicted molar refractivity (Wildman–Crippen MR) is 100.0 cm³/mol. The maximum Gasteiger partial charge on any atom is 0.321 e. The minimum absolute atomic E-state index is 0.0327. The van der Waals surface area contributed by atoms with Crippen molar-refractivity contribution < 1.29 is 14.0 Å². The number of carbonyl (C=O) groups is 2. The number of nitrogens with one attached hydrogen (secondary N) is 2. The van der Waals surface area contributed by atoms with Crippen LogP contribution in [0.1, 0.15) is 38.1 Å². The summed E-state index contributed by atoms with van der Waals surface area (Å²) < 4.78 is 5.57. The van der Waals surface area contributed by atoms with Crippen LogP contribution in [0, 0.1) is 5.92 Å². The molecule has 1 aromatic carbocycles. The molecule has 2 rings (SSSR count). The molecule has 1 aromatic heterocycles. The van der Waals surface area contributed by atoms with Gasteiger partial charge in [0, 0.05) is 13.0 Å². The fourth-order valence-electron chi connectivity index (χ4n) is 2.17. The molecule has 3 amide bonds. The maximum atomic E-state index is 11.8. The first kappa shape index (κ1) is 20.0. The standard InChI is InChI=1S/C18H24N4O3S/c1-12(2)10-19-17(24)20-15(23)11-26-18-22-21-16(25-18)9-13(3)14-7-5-4-6-8-14/h4-8,12-13H,9-11H2,1-3H3,(H2,19,20,23,24). The van der Waals surface area contributed by atoms with Crippen LogP contribution in [0.2, 0.25) is 0 Å². The van der Waals surface area contributed by atoms with E-state index in [9.17, 15) is 9.59 Å². The highest BCUT2D eigenvalue weighted by molar-refractivity contribution is 7.99. The summed E-state index contributed by atoms with van der Waals surface area (Å²) in [6.07, 6.45) is 0.626. The van der Waals surface area contributed by atoms with Crippen molar-refractivity contribution in [2.45, 2.75) is 38.3 Å². The quantitative estimate of drug-likeness (QED) is 0.688. The zero-order chi connectivity index (χ0) is 18.9. The Hall–Kier alpha value is -2.35. The summed E-state index contributed by atoms with van der Waals surface area (Å²) in [5.74, 6) is 0.723. The third-order valence-corrected chi connectivity index (χ3v) is 4.37. The molecule has 0 aliphatic heterocycles. The molecule has 7 nitrogen and oxygen atoms in total. The second-order valence-corrected chi connectivity index (χ2v) is 7.34. The maximum absolute atomic E-state index is 11.8. The number of benzene rings is 1. The van der Waals surface area contributed by atoms with Crippen molar-refractivity contribution in [1.29, 1.82) is 0 Å². The van der Waals surface area contributed by atoms with Gasteiger partial charge in [-0.1, -0.05) is 62.9 Å². The second kappa shape index (κ2) is 9.96. The third kappa shape index (κ3) is 6.87. The smallest absolute Gasteiger partial charge is 0.321 e. The van der Waals surface area contributed by atoms with E-state index < -0.39 is 11.9 Å². The van der Waals surface area contributed by atoms with Crippen LogP contribution in [0.25, 0.3) is 0 Å². The van der Waals surface area contributed by atoms with Gasteiger partial charge in [0.05, 0.1) is 5.75 Å². The van der Waals surface area contributed by atoms with Gasteiger partial charge in [0.1, 0.15) is 0 Å². The van der Waals surface area contributed by atoms with Gasteiger partial charge in [-0.15, -0.1) is 10.2 Å². The lowest BCUT2D eigenvalue weighted by Gasteiger charge is -2.08. The minimum Gasteiger partial charge on any atom is -0.416 e. The molecular formula is C18H24N4O3S. The van der Waals surface area contributed by atoms with E-state index in [-0.39, 0.29) is 11.7 Å². The number of imide groups is 1. The van der Waals surface area contributed by atoms with Crippen molar-refractivity contribution in [2.24, 2.45) is 5.92 Å². The van der Waals surface area contributed by atoms with E-state index in [1.165, 1.54) is 5.56 Å². The van der Waals surface area contributed by atoms with Gasteiger partial charge in [0.25, 0.3) is 5.22 Å². The van der Waals surface area contributed by atoms with Crippen molar-refractivity contribution in [3.63, 3.8) is 0 Å². The average molecular weight is 376 g/mol. The zero-order valence-corrected chi connectivity index (χ0v) is 16.0. The topological polar surface area (TPSA) is 97.1 Å². The summed E-state index contributed by atoms with van der Waals surface area (Å²) in [5, 5.41) is 13.2. The highest BCUT2D eigenvalue weighted by Crippen LogP contribution is 2.22. The van der Waals surface area contributed by atoms with Crippen molar-refractivity contribution in [3.8, 4) is 0 Å². The van der Waals surface area contributed by atoms with Crippen molar-refractivity contribution in [3.05, 3.63) is 41.8 Å². The predicted octanol–water partition coefficient (Wildman–Crippen LogP) is 2.99. The van der Waals surface area contributed by atoms with Gasteiger partial charge in [0.2, 0.25) is 11.8 Å². The van der Waals surface area contributed by atoms with Crippen molar-refractivity contribution >= 4 is 23.7 Å². The Balaban J connectivity index is 1.76. The number of nitrogens with zero attached hydrogens (tertiary/aromatic N) is 2. The summed E-state index contributed by atoms with van der Waals surface area (Å²) >= 11 is 1.11. The molecule has 0 bridgehead atoms. The first-order valence-corrected chi connectivity index (χ1v) is 9.50. The SMILES string of the molecule is CC(C)CNC(=O)NC(=O)CSc1nnc(CC(C)c2ccccc2)o1. The summed E-state index contributed by atoms with van der Waals surface area (Å²) in [4.78, 5) is 23.3. The van der Waals surface area contributed by atoms with Crippen LogP contribution in [0.3, 0.4) is 0 Å². The van der Waals surface area contributed by atoms with Crippen LogP contribution in [-0.4, -0.2) is 34.4 Å². The third-order valence-electron chi connectivity index (χ3n) is 3.55. The first-order valence-electron chi connectivity index (χ1n) is 8.52. The molecular weight excluding hydrogens is 352 g/mol. The Morgan fingerprint density at radius 3 is 2.58 bits per heavy atom. The number of rotatable bonds is 8. The van der Waals surface area contributed by atoms with Gasteiger partial charge < -0.3 is 9.73 Å². The summed E-state index contributed by atoms with van der Waals surface area (Å²) in [6, 6.07) is 9.60. The Morgan fingerprint density at radius 1 is 1.15 bits per heavy atom. The van der Waals surface area contributed by atoms with Crippen molar-refractivity contribution in [2.75, 3.05) is 12.3 Å². The lowest BCUT2D eigenvalue weighted by atomic mass is 9.98. The number of urea groups is 1. The first-order chi connectivity index (χ1) is 12.4. The van der Waals surface area contributed by atoms with Crippen molar-refractivity contribution in [1.82, 2.24) is 20.8 Å². The Bertz CT molecular complexity index is 718. The van der Waals surface area contributed by atoms with Gasteiger partial charge in [-0.3, -0.25) is 10.1 Å². The van der Waals surface area contributed by atoms with Gasteiger partial charge >= 0.3 is 6.03 Å². The second-order valence-electron chi connectivity index (χ2n) is 6.42. The molecule has 0 fully saturated rings. The van der Waals surface area contributed by atoms with E-state index in [1.807, 2.05) is 32.0 Å². The van der Waals surface area contributed by atoms with Crippen LogP contribution in [0.15, 0.2) is 40.0 Å². The fraction of sp³-hybridized carbons (Fsp3) is 0.444. The lowest BCUT2D eigenvalue weighted by molar-refractivity contribution is -0.117. The number of amides is 3. The fourth-order valence-corrected chi connectivity index (χ4v) is 2.75. The van der Waals surface area contributed by atoms with E-state index in [1.54, 1.807) is 0 Å². The van der Waals surface area contributed by atoms with Crippen LogP contribution >= 0.6 is 11.8 Å². The Labute approximate surface area is 157 Å². The van der Waals surface area contributed by atoms with Gasteiger partial charge in [-0.2, -0.15) is 0 Å². The minimum atomic E-state index is -0.493. The molecule has 26 heavy (non-hydrogen) atoms. The molecule has 0 radical (unpaired) electrons. The van der Waals surface area contributed by atoms with Gasteiger partial charge in [-0.05, 0) is 17.4 Å². The number of hydrogen-bond acceptors (Lipinski definition) is 6. The summed E-state index contributed by atoms with van der Waals surface area (Å²) in [7, 11) is 0. The van der Waals surface area contributed by atoms with E-state index in [0.29, 0.717) is 30.0 Å². The number of thioether (sulfide) groups is 1. The molecule has 1 heterocycles. The Morgan fingerprint density at radius 2 is 1.88 bits per heavy atom.